The highest BCUT2D eigenvalue weighted by molar-refractivity contribution is 5.45. The van der Waals surface area contributed by atoms with Crippen LogP contribution >= 0.6 is 0 Å². The normalized spacial score (nSPS) is 20.1. The van der Waals surface area contributed by atoms with E-state index in [4.69, 9.17) is 0 Å². The minimum Gasteiger partial charge on any atom is -0.385 e. The zero-order chi connectivity index (χ0) is 13.0. The molecule has 1 atom stereocenters. The Kier molecular flexibility index (Phi) is 4.28. The van der Waals surface area contributed by atoms with Crippen LogP contribution in [0.3, 0.4) is 0 Å². The number of rotatable bonds is 4. The molecule has 1 aromatic carbocycles. The lowest BCUT2D eigenvalue weighted by atomic mass is 9.87. The molecule has 1 heterocycles. The Hall–Kier alpha value is -1.02. The Morgan fingerprint density at radius 1 is 1.22 bits per heavy atom. The summed E-state index contributed by atoms with van der Waals surface area (Å²) in [5.74, 6) is 0. The maximum Gasteiger partial charge on any atom is 0.0340 e. The topological polar surface area (TPSA) is 24.1 Å². The summed E-state index contributed by atoms with van der Waals surface area (Å²) in [5, 5.41) is 7.04. The highest BCUT2D eigenvalue weighted by Crippen LogP contribution is 2.23. The van der Waals surface area contributed by atoms with Crippen molar-refractivity contribution in [3.63, 3.8) is 0 Å². The van der Waals surface area contributed by atoms with Crippen molar-refractivity contribution in [2.24, 2.45) is 0 Å². The molecule has 2 heteroatoms. The van der Waals surface area contributed by atoms with Crippen LogP contribution in [0.5, 0.6) is 0 Å². The molecule has 18 heavy (non-hydrogen) atoms. The van der Waals surface area contributed by atoms with Crippen LogP contribution in [0.4, 0.5) is 5.69 Å². The summed E-state index contributed by atoms with van der Waals surface area (Å²) in [6.07, 6.45) is 3.90. The molecular weight excluding hydrogens is 220 g/mol. The number of benzene rings is 1. The first-order valence-electron chi connectivity index (χ1n) is 7.13. The lowest BCUT2D eigenvalue weighted by Gasteiger charge is -2.19. The third-order valence-corrected chi connectivity index (χ3v) is 3.74. The van der Waals surface area contributed by atoms with Crippen LogP contribution in [0.25, 0.3) is 0 Å². The number of hydrogen-bond donors (Lipinski definition) is 2. The van der Waals surface area contributed by atoms with Crippen molar-refractivity contribution in [2.75, 3.05) is 18.4 Å². The highest BCUT2D eigenvalue weighted by atomic mass is 14.9. The summed E-state index contributed by atoms with van der Waals surface area (Å²) in [6, 6.07) is 9.59. The molecule has 1 unspecified atom stereocenters. The van der Waals surface area contributed by atoms with E-state index >= 15 is 0 Å². The Bertz CT molecular complexity index is 356. The average molecular weight is 246 g/mol. The molecule has 0 amide bonds. The van der Waals surface area contributed by atoms with Crippen LogP contribution in [-0.2, 0) is 5.41 Å². The zero-order valence-corrected chi connectivity index (χ0v) is 11.9. The molecule has 1 fully saturated rings. The fraction of sp³-hybridized carbons (Fsp3) is 0.625. The van der Waals surface area contributed by atoms with Gasteiger partial charge >= 0.3 is 0 Å². The Morgan fingerprint density at radius 2 is 1.94 bits per heavy atom. The van der Waals surface area contributed by atoms with Crippen molar-refractivity contribution in [3.8, 4) is 0 Å². The van der Waals surface area contributed by atoms with E-state index < -0.39 is 0 Å². The summed E-state index contributed by atoms with van der Waals surface area (Å²) in [5.41, 5.74) is 2.87. The molecule has 0 aromatic heterocycles. The van der Waals surface area contributed by atoms with Gasteiger partial charge in [-0.3, -0.25) is 0 Å². The van der Waals surface area contributed by atoms with Crippen molar-refractivity contribution in [1.29, 1.82) is 0 Å². The van der Waals surface area contributed by atoms with Gasteiger partial charge in [0, 0.05) is 18.3 Å². The van der Waals surface area contributed by atoms with Crippen molar-refractivity contribution in [1.82, 2.24) is 5.32 Å². The van der Waals surface area contributed by atoms with Gasteiger partial charge in [0.25, 0.3) is 0 Å². The second-order valence-electron chi connectivity index (χ2n) is 6.34. The minimum atomic E-state index is 0.242. The number of nitrogens with one attached hydrogen (secondary N) is 2. The third kappa shape index (κ3) is 3.74. The smallest absolute Gasteiger partial charge is 0.0340 e. The molecule has 0 spiro atoms. The molecule has 0 aliphatic carbocycles. The van der Waals surface area contributed by atoms with Gasteiger partial charge in [0.05, 0.1) is 0 Å². The van der Waals surface area contributed by atoms with E-state index in [0.717, 1.165) is 12.6 Å². The number of anilines is 1. The van der Waals surface area contributed by atoms with Crippen LogP contribution < -0.4 is 10.6 Å². The van der Waals surface area contributed by atoms with Crippen molar-refractivity contribution in [2.45, 2.75) is 51.5 Å². The maximum absolute atomic E-state index is 3.53. The summed E-state index contributed by atoms with van der Waals surface area (Å²) >= 11 is 0. The monoisotopic (exact) mass is 246 g/mol. The van der Waals surface area contributed by atoms with Gasteiger partial charge in [-0.05, 0) is 48.9 Å². The second kappa shape index (κ2) is 5.75. The van der Waals surface area contributed by atoms with Crippen molar-refractivity contribution < 1.29 is 0 Å². The number of hydrogen-bond acceptors (Lipinski definition) is 2. The average Bonchev–Trinajstić information content (AvgIpc) is 2.82. The van der Waals surface area contributed by atoms with E-state index in [1.54, 1.807) is 0 Å². The summed E-state index contributed by atoms with van der Waals surface area (Å²) in [4.78, 5) is 0. The van der Waals surface area contributed by atoms with Crippen LogP contribution in [0.1, 0.15) is 45.6 Å². The lowest BCUT2D eigenvalue weighted by molar-refractivity contribution is 0.574. The van der Waals surface area contributed by atoms with E-state index in [1.165, 1.54) is 37.1 Å². The molecule has 2 N–H and O–H groups in total. The Labute approximate surface area is 111 Å². The first-order chi connectivity index (χ1) is 8.55. The fourth-order valence-electron chi connectivity index (χ4n) is 2.48. The standard InChI is InChI=1S/C16H26N2/c1-16(2,3)13-6-8-15(9-7-13)18-12-10-14-5-4-11-17-14/h6-9,14,17-18H,4-5,10-12H2,1-3H3. The third-order valence-electron chi connectivity index (χ3n) is 3.74. The SMILES string of the molecule is CC(C)(C)c1ccc(NCCC2CCCN2)cc1. The van der Waals surface area contributed by atoms with Crippen LogP contribution in [-0.4, -0.2) is 19.1 Å². The highest BCUT2D eigenvalue weighted by Gasteiger charge is 2.14. The molecule has 1 aromatic rings. The maximum atomic E-state index is 3.53. The molecule has 2 nitrogen and oxygen atoms in total. The first kappa shape index (κ1) is 13.4. The van der Waals surface area contributed by atoms with Gasteiger partial charge in [0.1, 0.15) is 0 Å². The zero-order valence-electron chi connectivity index (χ0n) is 11.9. The van der Waals surface area contributed by atoms with Crippen molar-refractivity contribution in [3.05, 3.63) is 29.8 Å². The largest absolute Gasteiger partial charge is 0.385 e. The Balaban J connectivity index is 1.79. The summed E-state index contributed by atoms with van der Waals surface area (Å²) in [7, 11) is 0. The first-order valence-corrected chi connectivity index (χ1v) is 7.13. The minimum absolute atomic E-state index is 0.242. The quantitative estimate of drug-likeness (QED) is 0.849. The predicted molar refractivity (Wildman–Crippen MR) is 79.3 cm³/mol. The van der Waals surface area contributed by atoms with Crippen LogP contribution in [0.15, 0.2) is 24.3 Å². The molecule has 1 aliphatic rings. The molecule has 100 valence electrons. The van der Waals surface area contributed by atoms with E-state index in [0.29, 0.717) is 0 Å². The van der Waals surface area contributed by atoms with Gasteiger partial charge in [0.15, 0.2) is 0 Å². The van der Waals surface area contributed by atoms with Gasteiger partial charge in [-0.25, -0.2) is 0 Å². The van der Waals surface area contributed by atoms with Crippen LogP contribution in [0, 0.1) is 0 Å². The van der Waals surface area contributed by atoms with Crippen LogP contribution in [0.2, 0.25) is 0 Å². The summed E-state index contributed by atoms with van der Waals surface area (Å²) in [6.45, 7) is 9.01. The molecule has 1 saturated heterocycles. The van der Waals surface area contributed by atoms with Crippen molar-refractivity contribution >= 4 is 5.69 Å². The fourth-order valence-corrected chi connectivity index (χ4v) is 2.48. The van der Waals surface area contributed by atoms with Gasteiger partial charge in [0.2, 0.25) is 0 Å². The molecule has 2 rings (SSSR count). The van der Waals surface area contributed by atoms with E-state index in [9.17, 15) is 0 Å². The van der Waals surface area contributed by atoms with Gasteiger partial charge < -0.3 is 10.6 Å². The van der Waals surface area contributed by atoms with E-state index in [-0.39, 0.29) is 5.41 Å². The molecule has 0 bridgehead atoms. The van der Waals surface area contributed by atoms with Gasteiger partial charge in [-0.2, -0.15) is 0 Å². The molecule has 0 radical (unpaired) electrons. The van der Waals surface area contributed by atoms with Gasteiger partial charge in [-0.15, -0.1) is 0 Å². The van der Waals surface area contributed by atoms with E-state index in [1.807, 2.05) is 0 Å². The molecule has 1 aliphatic heterocycles. The predicted octanol–water partition coefficient (Wildman–Crippen LogP) is 3.54. The lowest BCUT2D eigenvalue weighted by Crippen LogP contribution is -2.24. The van der Waals surface area contributed by atoms with Gasteiger partial charge in [-0.1, -0.05) is 32.9 Å². The van der Waals surface area contributed by atoms with E-state index in [2.05, 4.69) is 55.7 Å². The Morgan fingerprint density at radius 3 is 2.50 bits per heavy atom. The second-order valence-corrected chi connectivity index (χ2v) is 6.34. The molecule has 0 saturated carbocycles. The molecular formula is C16H26N2. The summed E-state index contributed by atoms with van der Waals surface area (Å²) < 4.78 is 0.